The largest absolute Gasteiger partial charge is 0.508 e. The highest BCUT2D eigenvalue weighted by atomic mass is 79.9. The minimum absolute atomic E-state index is 0.176. The van der Waals surface area contributed by atoms with Gasteiger partial charge in [0.1, 0.15) is 11.3 Å². The first kappa shape index (κ1) is 14.3. The summed E-state index contributed by atoms with van der Waals surface area (Å²) in [6.07, 6.45) is 1.48. The van der Waals surface area contributed by atoms with Gasteiger partial charge in [-0.1, -0.05) is 15.9 Å². The van der Waals surface area contributed by atoms with Crippen LogP contribution in [-0.4, -0.2) is 17.2 Å². The molecule has 0 fully saturated rings. The smallest absolute Gasteiger partial charge is 0.307 e. The molecule has 0 aliphatic rings. The molecule has 5 nitrogen and oxygen atoms in total. The van der Waals surface area contributed by atoms with E-state index in [-0.39, 0.29) is 11.5 Å². The lowest BCUT2D eigenvalue weighted by Gasteiger charge is -1.96. The fourth-order valence-electron chi connectivity index (χ4n) is 1.91. The molecule has 22 heavy (non-hydrogen) atoms. The number of phenols is 1. The number of furan rings is 1. The van der Waals surface area contributed by atoms with Gasteiger partial charge in [0.05, 0.1) is 6.21 Å². The molecule has 0 bridgehead atoms. The van der Waals surface area contributed by atoms with Crippen LogP contribution in [0, 0.1) is 0 Å². The van der Waals surface area contributed by atoms with Crippen molar-refractivity contribution in [2.45, 2.75) is 0 Å². The second-order valence-electron chi connectivity index (χ2n) is 4.58. The number of phenolic OH excluding ortho intramolecular Hbond substituents is 1. The monoisotopic (exact) mass is 358 g/mol. The topological polar surface area (TPSA) is 74.8 Å². The van der Waals surface area contributed by atoms with Crippen molar-refractivity contribution in [1.82, 2.24) is 5.43 Å². The fourth-order valence-corrected chi connectivity index (χ4v) is 2.29. The van der Waals surface area contributed by atoms with Crippen LogP contribution in [0.15, 0.2) is 62.5 Å². The second-order valence-corrected chi connectivity index (χ2v) is 5.50. The maximum absolute atomic E-state index is 12.0. The summed E-state index contributed by atoms with van der Waals surface area (Å²) in [5.41, 5.74) is 3.79. The highest BCUT2D eigenvalue weighted by Crippen LogP contribution is 2.23. The van der Waals surface area contributed by atoms with Crippen LogP contribution >= 0.6 is 15.9 Å². The van der Waals surface area contributed by atoms with E-state index in [1.807, 2.05) is 12.1 Å². The van der Waals surface area contributed by atoms with Gasteiger partial charge in [0.25, 0.3) is 0 Å². The number of hydrazone groups is 1. The van der Waals surface area contributed by atoms with Gasteiger partial charge in [-0.25, -0.2) is 5.43 Å². The molecule has 1 amide bonds. The van der Waals surface area contributed by atoms with Crippen LogP contribution in [-0.2, 0) is 0 Å². The molecule has 0 aliphatic carbocycles. The Morgan fingerprint density at radius 2 is 1.95 bits per heavy atom. The van der Waals surface area contributed by atoms with E-state index in [0.29, 0.717) is 5.58 Å². The summed E-state index contributed by atoms with van der Waals surface area (Å²) < 4.78 is 6.38. The van der Waals surface area contributed by atoms with Gasteiger partial charge in [-0.2, -0.15) is 5.10 Å². The molecular formula is C16H11BrN2O3. The molecule has 1 aromatic heterocycles. The molecule has 1 heterocycles. The molecule has 0 saturated carbocycles. The summed E-state index contributed by atoms with van der Waals surface area (Å²) in [7, 11) is 0. The van der Waals surface area contributed by atoms with Gasteiger partial charge in [-0.15, -0.1) is 0 Å². The number of carbonyl (C=O) groups excluding carboxylic acids is 1. The van der Waals surface area contributed by atoms with Crippen molar-refractivity contribution >= 4 is 39.0 Å². The van der Waals surface area contributed by atoms with Crippen LogP contribution in [0.2, 0.25) is 0 Å². The number of hydrogen-bond donors (Lipinski definition) is 2. The summed E-state index contributed by atoms with van der Waals surface area (Å²) in [4.78, 5) is 12.0. The van der Waals surface area contributed by atoms with Gasteiger partial charge < -0.3 is 9.52 Å². The van der Waals surface area contributed by atoms with Gasteiger partial charge in [-0.3, -0.25) is 4.79 Å². The minimum Gasteiger partial charge on any atom is -0.508 e. The first-order chi connectivity index (χ1) is 10.6. The molecule has 3 rings (SSSR count). The number of halogens is 1. The lowest BCUT2D eigenvalue weighted by atomic mass is 10.2. The molecule has 0 saturated heterocycles. The third-order valence-electron chi connectivity index (χ3n) is 2.97. The van der Waals surface area contributed by atoms with Gasteiger partial charge in [0.15, 0.2) is 5.76 Å². The summed E-state index contributed by atoms with van der Waals surface area (Å²) in [6.45, 7) is 0. The standard InChI is InChI=1S/C16H11BrN2O3/c17-12-3-6-14-11(7-12)8-15(22-14)16(21)19-18-9-10-1-4-13(20)5-2-10/h1-9,20H,(H,19,21). The first-order valence-corrected chi connectivity index (χ1v) is 7.23. The van der Waals surface area contributed by atoms with Crippen molar-refractivity contribution in [2.75, 3.05) is 0 Å². The zero-order chi connectivity index (χ0) is 15.5. The molecular weight excluding hydrogens is 348 g/mol. The van der Waals surface area contributed by atoms with Crippen molar-refractivity contribution in [3.05, 3.63) is 64.3 Å². The molecule has 0 unspecified atom stereocenters. The number of carbonyl (C=O) groups is 1. The minimum atomic E-state index is -0.428. The SMILES string of the molecule is O=C(NN=Cc1ccc(O)cc1)c1cc2cc(Br)ccc2o1. The maximum Gasteiger partial charge on any atom is 0.307 e. The Bertz CT molecular complexity index is 853. The molecule has 0 spiro atoms. The van der Waals surface area contributed by atoms with E-state index in [1.54, 1.807) is 36.4 Å². The van der Waals surface area contributed by atoms with Crippen molar-refractivity contribution in [1.29, 1.82) is 0 Å². The van der Waals surface area contributed by atoms with E-state index < -0.39 is 5.91 Å². The lowest BCUT2D eigenvalue weighted by molar-refractivity contribution is 0.0929. The second kappa shape index (κ2) is 6.03. The van der Waals surface area contributed by atoms with Crippen molar-refractivity contribution in [2.24, 2.45) is 5.10 Å². The molecule has 6 heteroatoms. The van der Waals surface area contributed by atoms with Crippen LogP contribution < -0.4 is 5.43 Å². The van der Waals surface area contributed by atoms with E-state index in [2.05, 4.69) is 26.5 Å². The Hall–Kier alpha value is -2.60. The number of rotatable bonds is 3. The van der Waals surface area contributed by atoms with Crippen LogP contribution in [0.4, 0.5) is 0 Å². The number of nitrogens with one attached hydrogen (secondary N) is 1. The number of nitrogens with zero attached hydrogens (tertiary/aromatic N) is 1. The maximum atomic E-state index is 12.0. The van der Waals surface area contributed by atoms with Crippen molar-refractivity contribution < 1.29 is 14.3 Å². The Morgan fingerprint density at radius 3 is 2.73 bits per heavy atom. The van der Waals surface area contributed by atoms with Gasteiger partial charge in [0, 0.05) is 9.86 Å². The number of hydrogen-bond acceptors (Lipinski definition) is 4. The van der Waals surface area contributed by atoms with E-state index in [4.69, 9.17) is 4.42 Å². The van der Waals surface area contributed by atoms with E-state index >= 15 is 0 Å². The van der Waals surface area contributed by atoms with Gasteiger partial charge in [-0.05, 0) is 54.1 Å². The normalized spacial score (nSPS) is 11.1. The zero-order valence-corrected chi connectivity index (χ0v) is 12.9. The summed E-state index contributed by atoms with van der Waals surface area (Å²) >= 11 is 3.37. The van der Waals surface area contributed by atoms with Crippen molar-refractivity contribution in [3.8, 4) is 5.75 Å². The fraction of sp³-hybridized carbons (Fsp3) is 0. The van der Waals surface area contributed by atoms with Crippen molar-refractivity contribution in [3.63, 3.8) is 0 Å². The number of benzene rings is 2. The molecule has 0 atom stereocenters. The van der Waals surface area contributed by atoms with Crippen LogP contribution in [0.5, 0.6) is 5.75 Å². The van der Waals surface area contributed by atoms with Crippen LogP contribution in [0.1, 0.15) is 16.1 Å². The molecule has 110 valence electrons. The Kier molecular flexibility index (Phi) is 3.93. The molecule has 2 aromatic carbocycles. The average molecular weight is 359 g/mol. The van der Waals surface area contributed by atoms with E-state index in [0.717, 1.165) is 15.4 Å². The third-order valence-corrected chi connectivity index (χ3v) is 3.47. The summed E-state index contributed by atoms with van der Waals surface area (Å²) in [5.74, 6) is -0.0621. The van der Waals surface area contributed by atoms with Gasteiger partial charge >= 0.3 is 5.91 Å². The molecule has 2 N–H and O–H groups in total. The summed E-state index contributed by atoms with van der Waals surface area (Å²) in [6, 6.07) is 13.6. The number of amides is 1. The number of fused-ring (bicyclic) bond motifs is 1. The van der Waals surface area contributed by atoms with Crippen LogP contribution in [0.3, 0.4) is 0 Å². The Balaban J connectivity index is 1.71. The summed E-state index contributed by atoms with van der Waals surface area (Å²) in [5, 5.41) is 13.9. The predicted octanol–water partition coefficient (Wildman–Crippen LogP) is 3.66. The third kappa shape index (κ3) is 3.17. The van der Waals surface area contributed by atoms with Gasteiger partial charge in [0.2, 0.25) is 0 Å². The first-order valence-electron chi connectivity index (χ1n) is 6.43. The molecule has 0 aliphatic heterocycles. The zero-order valence-electron chi connectivity index (χ0n) is 11.3. The lowest BCUT2D eigenvalue weighted by Crippen LogP contribution is -2.16. The highest BCUT2D eigenvalue weighted by Gasteiger charge is 2.11. The van der Waals surface area contributed by atoms with E-state index in [1.165, 1.54) is 6.21 Å². The Morgan fingerprint density at radius 1 is 1.18 bits per heavy atom. The van der Waals surface area contributed by atoms with Crippen LogP contribution in [0.25, 0.3) is 11.0 Å². The predicted molar refractivity (Wildman–Crippen MR) is 87.1 cm³/mol. The quantitative estimate of drug-likeness (QED) is 0.554. The number of aromatic hydroxyl groups is 1. The highest BCUT2D eigenvalue weighted by molar-refractivity contribution is 9.10. The molecule has 0 radical (unpaired) electrons. The average Bonchev–Trinajstić information content (AvgIpc) is 2.92. The Labute approximate surface area is 134 Å². The molecule has 3 aromatic rings. The van der Waals surface area contributed by atoms with E-state index in [9.17, 15) is 9.90 Å².